The number of nitrogens with one attached hydrogen (secondary N) is 1. The van der Waals surface area contributed by atoms with Gasteiger partial charge in [0.25, 0.3) is 0 Å². The molecule has 2 rings (SSSR count). The standard InChI is InChI=1S/C14H16N2O4S/c1-20-12-4-2-3-11(6-12)13(17)8-15-7-10-5-14(16(18)19)21-9-10/h2-6,9,13,15,17H,7-8H2,1H3. The topological polar surface area (TPSA) is 84.6 Å². The molecule has 0 aliphatic heterocycles. The summed E-state index contributed by atoms with van der Waals surface area (Å²) in [5.74, 6) is 0.694. The van der Waals surface area contributed by atoms with Crippen molar-refractivity contribution in [1.82, 2.24) is 5.32 Å². The molecule has 2 aromatic rings. The molecule has 1 unspecified atom stereocenters. The van der Waals surface area contributed by atoms with Crippen LogP contribution >= 0.6 is 11.3 Å². The summed E-state index contributed by atoms with van der Waals surface area (Å²) in [5.41, 5.74) is 1.60. The molecule has 0 amide bonds. The molecule has 21 heavy (non-hydrogen) atoms. The van der Waals surface area contributed by atoms with E-state index in [0.717, 1.165) is 22.5 Å². The highest BCUT2D eigenvalue weighted by atomic mass is 32.1. The number of rotatable bonds is 7. The fourth-order valence-corrected chi connectivity index (χ4v) is 2.60. The smallest absolute Gasteiger partial charge is 0.324 e. The first-order valence-electron chi connectivity index (χ1n) is 6.34. The Balaban J connectivity index is 1.85. The van der Waals surface area contributed by atoms with E-state index in [9.17, 15) is 15.2 Å². The Morgan fingerprint density at radius 3 is 2.95 bits per heavy atom. The van der Waals surface area contributed by atoms with Crippen molar-refractivity contribution in [1.29, 1.82) is 0 Å². The maximum Gasteiger partial charge on any atom is 0.324 e. The summed E-state index contributed by atoms with van der Waals surface area (Å²) in [7, 11) is 1.58. The maximum atomic E-state index is 10.6. The van der Waals surface area contributed by atoms with Crippen molar-refractivity contribution >= 4 is 16.3 Å². The largest absolute Gasteiger partial charge is 0.497 e. The summed E-state index contributed by atoms with van der Waals surface area (Å²) < 4.78 is 5.11. The predicted molar refractivity (Wildman–Crippen MR) is 80.6 cm³/mol. The van der Waals surface area contributed by atoms with E-state index < -0.39 is 11.0 Å². The highest BCUT2D eigenvalue weighted by Gasteiger charge is 2.11. The van der Waals surface area contributed by atoms with Crippen LogP contribution in [-0.4, -0.2) is 23.7 Å². The Kier molecular flexibility index (Phi) is 5.26. The van der Waals surface area contributed by atoms with Crippen LogP contribution in [0, 0.1) is 10.1 Å². The predicted octanol–water partition coefficient (Wildman–Crippen LogP) is 2.49. The molecule has 0 bridgehead atoms. The highest BCUT2D eigenvalue weighted by molar-refractivity contribution is 7.13. The molecule has 0 aliphatic carbocycles. The number of methoxy groups -OCH3 is 1. The monoisotopic (exact) mass is 308 g/mol. The molecule has 0 saturated heterocycles. The molecular formula is C14H16N2O4S. The summed E-state index contributed by atoms with van der Waals surface area (Å²) in [6.45, 7) is 0.835. The number of hydrogen-bond donors (Lipinski definition) is 2. The fraction of sp³-hybridized carbons (Fsp3) is 0.286. The second-order valence-electron chi connectivity index (χ2n) is 4.47. The average Bonchev–Trinajstić information content (AvgIpc) is 2.96. The molecule has 2 N–H and O–H groups in total. The number of benzene rings is 1. The van der Waals surface area contributed by atoms with E-state index in [0.29, 0.717) is 18.8 Å². The third-order valence-corrected chi connectivity index (χ3v) is 3.89. The maximum absolute atomic E-state index is 10.6. The first kappa shape index (κ1) is 15.4. The molecule has 0 spiro atoms. The van der Waals surface area contributed by atoms with E-state index >= 15 is 0 Å². The van der Waals surface area contributed by atoms with Gasteiger partial charge >= 0.3 is 5.00 Å². The van der Waals surface area contributed by atoms with Crippen LogP contribution in [0.5, 0.6) is 5.75 Å². The molecule has 1 heterocycles. The van der Waals surface area contributed by atoms with Crippen LogP contribution in [0.1, 0.15) is 17.2 Å². The van der Waals surface area contributed by atoms with Crippen molar-refractivity contribution < 1.29 is 14.8 Å². The zero-order valence-corrected chi connectivity index (χ0v) is 12.3. The average molecular weight is 308 g/mol. The number of aliphatic hydroxyl groups excluding tert-OH is 1. The second-order valence-corrected chi connectivity index (χ2v) is 5.36. The lowest BCUT2D eigenvalue weighted by atomic mass is 10.1. The zero-order valence-electron chi connectivity index (χ0n) is 11.5. The Hall–Kier alpha value is -1.96. The molecule has 112 valence electrons. The third-order valence-electron chi connectivity index (χ3n) is 2.97. The van der Waals surface area contributed by atoms with Crippen LogP contribution < -0.4 is 10.1 Å². The molecule has 7 heteroatoms. The van der Waals surface area contributed by atoms with Gasteiger partial charge in [-0.15, -0.1) is 0 Å². The van der Waals surface area contributed by atoms with Crippen LogP contribution in [0.2, 0.25) is 0 Å². The number of nitro groups is 1. The van der Waals surface area contributed by atoms with E-state index in [1.807, 2.05) is 18.2 Å². The van der Waals surface area contributed by atoms with Crippen LogP contribution in [0.3, 0.4) is 0 Å². The van der Waals surface area contributed by atoms with E-state index in [1.54, 1.807) is 18.6 Å². The molecule has 1 aromatic heterocycles. The Morgan fingerprint density at radius 2 is 2.29 bits per heavy atom. The lowest BCUT2D eigenvalue weighted by Crippen LogP contribution is -2.20. The normalized spacial score (nSPS) is 12.1. The summed E-state index contributed by atoms with van der Waals surface area (Å²) in [5, 5.41) is 25.6. The van der Waals surface area contributed by atoms with Gasteiger partial charge in [-0.1, -0.05) is 23.5 Å². The number of aliphatic hydroxyl groups is 1. The first-order chi connectivity index (χ1) is 10.1. The van der Waals surface area contributed by atoms with Gasteiger partial charge in [-0.25, -0.2) is 0 Å². The van der Waals surface area contributed by atoms with E-state index in [4.69, 9.17) is 4.74 Å². The minimum atomic E-state index is -0.659. The van der Waals surface area contributed by atoms with Gasteiger partial charge in [0.15, 0.2) is 0 Å². The molecule has 0 fully saturated rings. The van der Waals surface area contributed by atoms with Crippen molar-refractivity contribution in [2.24, 2.45) is 0 Å². The molecular weight excluding hydrogens is 292 g/mol. The summed E-state index contributed by atoms with van der Waals surface area (Å²) >= 11 is 1.10. The van der Waals surface area contributed by atoms with Gasteiger partial charge in [-0.05, 0) is 23.3 Å². The number of thiophene rings is 1. The van der Waals surface area contributed by atoms with Crippen LogP contribution in [0.4, 0.5) is 5.00 Å². The van der Waals surface area contributed by atoms with E-state index in [2.05, 4.69) is 5.32 Å². The third kappa shape index (κ3) is 4.25. The summed E-state index contributed by atoms with van der Waals surface area (Å²) in [6.07, 6.45) is -0.659. The lowest BCUT2D eigenvalue weighted by Gasteiger charge is -2.12. The molecule has 0 aliphatic rings. The van der Waals surface area contributed by atoms with Crippen LogP contribution in [-0.2, 0) is 6.54 Å². The van der Waals surface area contributed by atoms with Gasteiger partial charge in [0, 0.05) is 24.5 Å². The number of hydrogen-bond acceptors (Lipinski definition) is 6. The molecule has 6 nitrogen and oxygen atoms in total. The van der Waals surface area contributed by atoms with Gasteiger partial charge in [-0.3, -0.25) is 10.1 Å². The summed E-state index contributed by atoms with van der Waals surface area (Å²) in [6, 6.07) is 8.77. The van der Waals surface area contributed by atoms with Gasteiger partial charge in [0.1, 0.15) is 5.75 Å². The van der Waals surface area contributed by atoms with Gasteiger partial charge in [-0.2, -0.15) is 0 Å². The Labute approximate surface area is 126 Å². The van der Waals surface area contributed by atoms with E-state index in [1.165, 1.54) is 6.07 Å². The Bertz CT molecular complexity index is 615. The zero-order chi connectivity index (χ0) is 15.2. The highest BCUT2D eigenvalue weighted by Crippen LogP contribution is 2.22. The van der Waals surface area contributed by atoms with Crippen molar-refractivity contribution in [3.8, 4) is 5.75 Å². The second kappa shape index (κ2) is 7.16. The van der Waals surface area contributed by atoms with Gasteiger partial charge in [0.2, 0.25) is 0 Å². The van der Waals surface area contributed by atoms with Gasteiger partial charge in [0.05, 0.1) is 18.1 Å². The first-order valence-corrected chi connectivity index (χ1v) is 7.22. The minimum absolute atomic E-state index is 0.125. The van der Waals surface area contributed by atoms with Crippen molar-refractivity contribution in [3.63, 3.8) is 0 Å². The lowest BCUT2D eigenvalue weighted by molar-refractivity contribution is -0.380. The molecule has 0 saturated carbocycles. The van der Waals surface area contributed by atoms with Crippen molar-refractivity contribution in [3.05, 3.63) is 57.0 Å². The van der Waals surface area contributed by atoms with Gasteiger partial charge < -0.3 is 15.2 Å². The summed E-state index contributed by atoms with van der Waals surface area (Å²) in [4.78, 5) is 10.2. The number of nitrogens with zero attached hydrogens (tertiary/aromatic N) is 1. The van der Waals surface area contributed by atoms with E-state index in [-0.39, 0.29) is 5.00 Å². The van der Waals surface area contributed by atoms with Crippen molar-refractivity contribution in [2.75, 3.05) is 13.7 Å². The van der Waals surface area contributed by atoms with Crippen LogP contribution in [0.25, 0.3) is 0 Å². The fourth-order valence-electron chi connectivity index (χ4n) is 1.87. The SMILES string of the molecule is COc1cccc(C(O)CNCc2csc([N+](=O)[O-])c2)c1. The molecule has 1 atom stereocenters. The number of ether oxygens (including phenoxy) is 1. The Morgan fingerprint density at radius 1 is 1.48 bits per heavy atom. The quantitative estimate of drug-likeness (QED) is 0.606. The van der Waals surface area contributed by atoms with Crippen LogP contribution in [0.15, 0.2) is 35.7 Å². The minimum Gasteiger partial charge on any atom is -0.497 e. The molecule has 1 aromatic carbocycles. The van der Waals surface area contributed by atoms with Crippen molar-refractivity contribution in [2.45, 2.75) is 12.6 Å². The molecule has 0 radical (unpaired) electrons.